The van der Waals surface area contributed by atoms with E-state index in [4.69, 9.17) is 0 Å². The second-order valence-electron chi connectivity index (χ2n) is 7.61. The predicted octanol–water partition coefficient (Wildman–Crippen LogP) is 6.51. The van der Waals surface area contributed by atoms with Gasteiger partial charge in [-0.05, 0) is 55.8 Å². The average molecular weight is 522 g/mol. The Morgan fingerprint density at radius 1 is 1.00 bits per heavy atom. The first-order chi connectivity index (χ1) is 16.0. The predicted molar refractivity (Wildman–Crippen MR) is 137 cm³/mol. The van der Waals surface area contributed by atoms with Crippen molar-refractivity contribution in [1.29, 1.82) is 0 Å². The number of aryl methyl sites for hydroxylation is 1. The van der Waals surface area contributed by atoms with Crippen molar-refractivity contribution in [3.63, 3.8) is 0 Å². The van der Waals surface area contributed by atoms with Crippen LogP contribution >= 0.6 is 27.7 Å². The lowest BCUT2D eigenvalue weighted by atomic mass is 10.2. The number of thioether (sulfide) groups is 1. The van der Waals surface area contributed by atoms with Crippen molar-refractivity contribution in [3.05, 3.63) is 100 Å². The molecule has 0 saturated carbocycles. The molecule has 0 spiro atoms. The summed E-state index contributed by atoms with van der Waals surface area (Å²) in [6.45, 7) is 3.96. The summed E-state index contributed by atoms with van der Waals surface area (Å²) in [5.74, 6) is 1.44. The molecule has 33 heavy (non-hydrogen) atoms. The molecular weight excluding hydrogens is 498 g/mol. The summed E-state index contributed by atoms with van der Waals surface area (Å²) in [6, 6.07) is 25.2. The van der Waals surface area contributed by atoms with Crippen LogP contribution in [-0.4, -0.2) is 20.8 Å². The second kappa shape index (κ2) is 10.7. The van der Waals surface area contributed by atoms with Gasteiger partial charge >= 0.3 is 6.03 Å². The fourth-order valence-corrected chi connectivity index (χ4v) is 4.45. The molecule has 1 heterocycles. The number of nitrogens with zero attached hydrogens (tertiary/aromatic N) is 3. The van der Waals surface area contributed by atoms with E-state index in [1.165, 1.54) is 11.1 Å². The molecule has 1 aromatic heterocycles. The second-order valence-corrected chi connectivity index (χ2v) is 9.47. The third kappa shape index (κ3) is 6.03. The van der Waals surface area contributed by atoms with Gasteiger partial charge in [0.25, 0.3) is 0 Å². The Kier molecular flexibility index (Phi) is 7.47. The number of hydrogen-bond donors (Lipinski definition) is 2. The van der Waals surface area contributed by atoms with Crippen LogP contribution in [0.2, 0.25) is 0 Å². The number of rotatable bonds is 7. The maximum atomic E-state index is 12.6. The van der Waals surface area contributed by atoms with Gasteiger partial charge in [-0.1, -0.05) is 75.7 Å². The van der Waals surface area contributed by atoms with Crippen LogP contribution < -0.4 is 10.6 Å². The van der Waals surface area contributed by atoms with E-state index in [1.807, 2.05) is 66.1 Å². The van der Waals surface area contributed by atoms with Gasteiger partial charge in [-0.25, -0.2) is 4.79 Å². The summed E-state index contributed by atoms with van der Waals surface area (Å²) < 4.78 is 2.96. The van der Waals surface area contributed by atoms with Gasteiger partial charge in [-0.2, -0.15) is 0 Å². The van der Waals surface area contributed by atoms with Gasteiger partial charge < -0.3 is 10.6 Å². The van der Waals surface area contributed by atoms with Gasteiger partial charge in [0.15, 0.2) is 11.0 Å². The van der Waals surface area contributed by atoms with Gasteiger partial charge in [0, 0.05) is 21.6 Å². The van der Waals surface area contributed by atoms with Gasteiger partial charge in [0.2, 0.25) is 0 Å². The number of carbonyl (C=O) groups is 1. The number of carbonyl (C=O) groups excluding carboxylic acids is 1. The number of halogens is 1. The van der Waals surface area contributed by atoms with Crippen LogP contribution in [0.1, 0.15) is 29.9 Å². The molecule has 1 atom stereocenters. The largest absolute Gasteiger partial charge is 0.328 e. The number of hydrogen-bond acceptors (Lipinski definition) is 4. The maximum absolute atomic E-state index is 12.6. The Labute approximate surface area is 206 Å². The van der Waals surface area contributed by atoms with Crippen molar-refractivity contribution in [3.8, 4) is 5.69 Å². The average Bonchev–Trinajstić information content (AvgIpc) is 3.24. The molecule has 8 heteroatoms. The third-order valence-electron chi connectivity index (χ3n) is 5.00. The molecule has 0 aliphatic rings. The Balaban J connectivity index is 1.55. The van der Waals surface area contributed by atoms with Crippen LogP contribution in [0, 0.1) is 6.92 Å². The standard InChI is InChI=1S/C25H24BrN5OS/c1-17-8-14-22(15-9-17)31-23(29-30-25(31)33-16-19-6-4-3-5-7-19)18(2)27-24(32)28-21-12-10-20(26)11-13-21/h3-15,18H,16H2,1-2H3,(H2,27,28,32). The molecular formula is C25H24BrN5OS. The van der Waals surface area contributed by atoms with E-state index in [1.54, 1.807) is 11.8 Å². The molecule has 4 rings (SSSR count). The van der Waals surface area contributed by atoms with E-state index in [0.717, 1.165) is 21.1 Å². The molecule has 6 nitrogen and oxygen atoms in total. The summed E-state index contributed by atoms with van der Waals surface area (Å²) >= 11 is 5.02. The Morgan fingerprint density at radius 3 is 2.39 bits per heavy atom. The quantitative estimate of drug-likeness (QED) is 0.272. The zero-order chi connectivity index (χ0) is 23.2. The van der Waals surface area contributed by atoms with Crippen LogP contribution in [0.5, 0.6) is 0 Å². The molecule has 2 amide bonds. The molecule has 0 radical (unpaired) electrons. The van der Waals surface area contributed by atoms with E-state index >= 15 is 0 Å². The minimum atomic E-state index is -0.361. The maximum Gasteiger partial charge on any atom is 0.319 e. The number of aromatic nitrogens is 3. The lowest BCUT2D eigenvalue weighted by Crippen LogP contribution is -2.32. The highest BCUT2D eigenvalue weighted by Crippen LogP contribution is 2.28. The SMILES string of the molecule is Cc1ccc(-n2c(SCc3ccccc3)nnc2C(C)NC(=O)Nc2ccc(Br)cc2)cc1. The minimum absolute atomic E-state index is 0.304. The van der Waals surface area contributed by atoms with Crippen molar-refractivity contribution >= 4 is 39.4 Å². The van der Waals surface area contributed by atoms with Crippen molar-refractivity contribution < 1.29 is 4.79 Å². The monoisotopic (exact) mass is 521 g/mol. The van der Waals surface area contributed by atoms with Crippen LogP contribution in [0.25, 0.3) is 5.69 Å². The summed E-state index contributed by atoms with van der Waals surface area (Å²) in [4.78, 5) is 12.6. The molecule has 4 aromatic rings. The molecule has 0 aliphatic heterocycles. The summed E-state index contributed by atoms with van der Waals surface area (Å²) in [5.41, 5.74) is 4.05. The van der Waals surface area contributed by atoms with E-state index in [9.17, 15) is 4.79 Å². The molecule has 1 unspecified atom stereocenters. The van der Waals surface area contributed by atoms with E-state index in [0.29, 0.717) is 11.5 Å². The molecule has 0 fully saturated rings. The molecule has 2 N–H and O–H groups in total. The molecule has 0 saturated heterocycles. The highest BCUT2D eigenvalue weighted by atomic mass is 79.9. The smallest absolute Gasteiger partial charge is 0.319 e. The topological polar surface area (TPSA) is 71.8 Å². The zero-order valence-electron chi connectivity index (χ0n) is 18.3. The molecule has 0 aliphatic carbocycles. The highest BCUT2D eigenvalue weighted by Gasteiger charge is 2.21. The lowest BCUT2D eigenvalue weighted by Gasteiger charge is -2.17. The van der Waals surface area contributed by atoms with Crippen LogP contribution in [-0.2, 0) is 5.75 Å². The van der Waals surface area contributed by atoms with Crippen molar-refractivity contribution in [2.24, 2.45) is 0 Å². The Bertz CT molecular complexity index is 1210. The first-order valence-electron chi connectivity index (χ1n) is 10.5. The first-order valence-corrected chi connectivity index (χ1v) is 12.3. The first kappa shape index (κ1) is 23.1. The zero-order valence-corrected chi connectivity index (χ0v) is 20.7. The van der Waals surface area contributed by atoms with Gasteiger partial charge in [-0.3, -0.25) is 4.57 Å². The van der Waals surface area contributed by atoms with Crippen molar-refractivity contribution in [1.82, 2.24) is 20.1 Å². The number of anilines is 1. The van der Waals surface area contributed by atoms with Crippen LogP contribution in [0.3, 0.4) is 0 Å². The van der Waals surface area contributed by atoms with Crippen LogP contribution in [0.4, 0.5) is 10.5 Å². The summed E-state index contributed by atoms with van der Waals surface area (Å²) in [6.07, 6.45) is 0. The van der Waals surface area contributed by atoms with Gasteiger partial charge in [-0.15, -0.1) is 10.2 Å². The fourth-order valence-electron chi connectivity index (χ4n) is 3.28. The van der Waals surface area contributed by atoms with E-state index in [2.05, 4.69) is 68.0 Å². The molecule has 0 bridgehead atoms. The van der Waals surface area contributed by atoms with Gasteiger partial charge in [0.1, 0.15) is 0 Å². The van der Waals surface area contributed by atoms with Crippen LogP contribution in [0.15, 0.2) is 88.5 Å². The minimum Gasteiger partial charge on any atom is -0.328 e. The Hall–Kier alpha value is -3.10. The van der Waals surface area contributed by atoms with E-state index in [-0.39, 0.29) is 12.1 Å². The van der Waals surface area contributed by atoms with E-state index < -0.39 is 0 Å². The number of urea groups is 1. The highest BCUT2D eigenvalue weighted by molar-refractivity contribution is 9.10. The number of benzene rings is 3. The number of amides is 2. The number of nitrogens with one attached hydrogen (secondary N) is 2. The fraction of sp³-hybridized carbons (Fsp3) is 0.160. The van der Waals surface area contributed by atoms with Crippen molar-refractivity contribution in [2.75, 3.05) is 5.32 Å². The van der Waals surface area contributed by atoms with Crippen molar-refractivity contribution in [2.45, 2.75) is 30.8 Å². The normalized spacial score (nSPS) is 11.7. The third-order valence-corrected chi connectivity index (χ3v) is 6.53. The Morgan fingerprint density at radius 2 is 1.70 bits per heavy atom. The summed E-state index contributed by atoms with van der Waals surface area (Å²) in [5, 5.41) is 15.5. The molecule has 3 aromatic carbocycles. The summed E-state index contributed by atoms with van der Waals surface area (Å²) in [7, 11) is 0. The molecule has 168 valence electrons. The van der Waals surface area contributed by atoms with Gasteiger partial charge in [0.05, 0.1) is 6.04 Å². The lowest BCUT2D eigenvalue weighted by molar-refractivity contribution is 0.249.